The molecule has 0 bridgehead atoms. The van der Waals surface area contributed by atoms with Crippen LogP contribution in [0.3, 0.4) is 0 Å². The van der Waals surface area contributed by atoms with E-state index in [1.54, 1.807) is 0 Å². The molecular formula is C22H35N5O2. The molecule has 2 rings (SSSR count). The Morgan fingerprint density at radius 3 is 2.52 bits per heavy atom. The number of ether oxygens (including phenoxy) is 1. The Bertz CT molecular complexity index is 768. The van der Waals surface area contributed by atoms with E-state index < -0.39 is 6.10 Å². The number of rotatable bonds is 10. The van der Waals surface area contributed by atoms with Gasteiger partial charge in [0.25, 0.3) is 0 Å². The van der Waals surface area contributed by atoms with E-state index in [-0.39, 0.29) is 12.6 Å². The molecule has 0 aliphatic carbocycles. The van der Waals surface area contributed by atoms with Gasteiger partial charge in [-0.3, -0.25) is 9.67 Å². The molecule has 7 heteroatoms. The molecule has 0 spiro atoms. The number of aliphatic hydroxyl groups excluding tert-OH is 1. The quantitative estimate of drug-likeness (QED) is 0.324. The molecule has 0 amide bonds. The topological polar surface area (TPSA) is 83.7 Å². The summed E-state index contributed by atoms with van der Waals surface area (Å²) in [6.45, 7) is 12.8. The van der Waals surface area contributed by atoms with E-state index in [0.29, 0.717) is 5.96 Å². The fraction of sp³-hybridized carbons (Fsp3) is 0.545. The van der Waals surface area contributed by atoms with Crippen LogP contribution in [-0.4, -0.2) is 46.6 Å². The third-order valence-electron chi connectivity index (χ3n) is 4.35. The van der Waals surface area contributed by atoms with Crippen molar-refractivity contribution in [1.82, 2.24) is 20.4 Å². The van der Waals surface area contributed by atoms with Gasteiger partial charge in [-0.05, 0) is 64.8 Å². The van der Waals surface area contributed by atoms with E-state index in [4.69, 9.17) is 4.74 Å². The van der Waals surface area contributed by atoms with Gasteiger partial charge in [0, 0.05) is 25.3 Å². The average Bonchev–Trinajstić information content (AvgIpc) is 3.00. The van der Waals surface area contributed by atoms with E-state index in [2.05, 4.69) is 33.7 Å². The number of aliphatic imine (C=N–C) groups is 1. The minimum Gasteiger partial charge on any atom is -0.491 e. The van der Waals surface area contributed by atoms with E-state index in [9.17, 15) is 5.11 Å². The number of aromatic nitrogens is 2. The SMILES string of the molecule is CCNC(=NCC(O)c1ccc(OC(C)C)cc1)NCCCn1nc(C)cc1C. The summed E-state index contributed by atoms with van der Waals surface area (Å²) < 4.78 is 7.66. The van der Waals surface area contributed by atoms with E-state index in [1.165, 1.54) is 5.69 Å². The normalized spacial score (nSPS) is 12.9. The Balaban J connectivity index is 1.83. The summed E-state index contributed by atoms with van der Waals surface area (Å²) in [5.41, 5.74) is 3.05. The highest BCUT2D eigenvalue weighted by molar-refractivity contribution is 5.79. The van der Waals surface area contributed by atoms with Gasteiger partial charge in [0.1, 0.15) is 5.75 Å². The minimum atomic E-state index is -0.659. The van der Waals surface area contributed by atoms with Crippen LogP contribution < -0.4 is 15.4 Å². The number of nitrogens with one attached hydrogen (secondary N) is 2. The van der Waals surface area contributed by atoms with Gasteiger partial charge in [-0.25, -0.2) is 0 Å². The van der Waals surface area contributed by atoms with Crippen LogP contribution >= 0.6 is 0 Å². The highest BCUT2D eigenvalue weighted by Gasteiger charge is 2.08. The van der Waals surface area contributed by atoms with Crippen LogP contribution in [0.25, 0.3) is 0 Å². The lowest BCUT2D eigenvalue weighted by Gasteiger charge is -2.14. The van der Waals surface area contributed by atoms with Crippen LogP contribution in [0.4, 0.5) is 0 Å². The molecule has 1 aromatic heterocycles. The Kier molecular flexibility index (Phi) is 8.99. The molecule has 0 saturated heterocycles. The first-order valence-electron chi connectivity index (χ1n) is 10.4. The molecule has 7 nitrogen and oxygen atoms in total. The summed E-state index contributed by atoms with van der Waals surface area (Å²) >= 11 is 0. The van der Waals surface area contributed by atoms with Crippen molar-refractivity contribution in [2.75, 3.05) is 19.6 Å². The zero-order chi connectivity index (χ0) is 21.2. The fourth-order valence-corrected chi connectivity index (χ4v) is 3.00. The maximum atomic E-state index is 10.4. The second-order valence-electron chi connectivity index (χ2n) is 7.40. The van der Waals surface area contributed by atoms with Gasteiger partial charge in [-0.15, -0.1) is 0 Å². The molecule has 0 aliphatic rings. The van der Waals surface area contributed by atoms with Gasteiger partial charge in [-0.1, -0.05) is 12.1 Å². The van der Waals surface area contributed by atoms with Crippen LogP contribution in [-0.2, 0) is 6.54 Å². The third kappa shape index (κ3) is 7.77. The molecule has 0 aliphatic heterocycles. The Labute approximate surface area is 174 Å². The van der Waals surface area contributed by atoms with Crippen molar-refractivity contribution in [2.24, 2.45) is 4.99 Å². The van der Waals surface area contributed by atoms with Gasteiger partial charge in [0.15, 0.2) is 5.96 Å². The first kappa shape index (κ1) is 22.7. The number of guanidine groups is 1. The van der Waals surface area contributed by atoms with Crippen molar-refractivity contribution in [3.8, 4) is 5.75 Å². The lowest BCUT2D eigenvalue weighted by molar-refractivity contribution is 0.186. The number of aryl methyl sites for hydroxylation is 3. The van der Waals surface area contributed by atoms with E-state index in [0.717, 1.165) is 43.1 Å². The van der Waals surface area contributed by atoms with Crippen LogP contribution in [0.5, 0.6) is 5.75 Å². The molecule has 160 valence electrons. The van der Waals surface area contributed by atoms with Crippen LogP contribution in [0, 0.1) is 13.8 Å². The molecule has 3 N–H and O–H groups in total. The molecule has 1 heterocycles. The highest BCUT2D eigenvalue weighted by atomic mass is 16.5. The summed E-state index contributed by atoms with van der Waals surface area (Å²) in [5.74, 6) is 1.51. The molecular weight excluding hydrogens is 366 g/mol. The smallest absolute Gasteiger partial charge is 0.191 e. The lowest BCUT2D eigenvalue weighted by atomic mass is 10.1. The molecule has 29 heavy (non-hydrogen) atoms. The van der Waals surface area contributed by atoms with Crippen molar-refractivity contribution in [3.63, 3.8) is 0 Å². The largest absolute Gasteiger partial charge is 0.491 e. The van der Waals surface area contributed by atoms with Gasteiger partial charge in [0.2, 0.25) is 0 Å². The van der Waals surface area contributed by atoms with Crippen molar-refractivity contribution >= 4 is 5.96 Å². The Morgan fingerprint density at radius 1 is 1.21 bits per heavy atom. The highest BCUT2D eigenvalue weighted by Crippen LogP contribution is 2.19. The molecule has 0 fully saturated rings. The summed E-state index contributed by atoms with van der Waals surface area (Å²) in [5, 5.41) is 21.5. The predicted octanol–water partition coefficient (Wildman–Crippen LogP) is 2.97. The molecule has 2 aromatic rings. The Hall–Kier alpha value is -2.54. The summed E-state index contributed by atoms with van der Waals surface area (Å²) in [4.78, 5) is 4.52. The van der Waals surface area contributed by atoms with Crippen molar-refractivity contribution in [3.05, 3.63) is 47.3 Å². The minimum absolute atomic E-state index is 0.130. The Morgan fingerprint density at radius 2 is 1.93 bits per heavy atom. The zero-order valence-corrected chi connectivity index (χ0v) is 18.3. The predicted molar refractivity (Wildman–Crippen MR) is 117 cm³/mol. The standard InChI is InChI=1S/C22H35N5O2/c1-6-23-22(24-12-7-13-27-18(5)14-17(4)26-27)25-15-21(28)19-8-10-20(11-9-19)29-16(2)3/h8-11,14,16,21,28H,6-7,12-13,15H2,1-5H3,(H2,23,24,25). The maximum Gasteiger partial charge on any atom is 0.191 e. The van der Waals surface area contributed by atoms with Gasteiger partial charge >= 0.3 is 0 Å². The second kappa shape index (κ2) is 11.5. The zero-order valence-electron chi connectivity index (χ0n) is 18.3. The number of aliphatic hydroxyl groups is 1. The molecule has 1 unspecified atom stereocenters. The molecule has 1 atom stereocenters. The number of hydrogen-bond acceptors (Lipinski definition) is 4. The fourth-order valence-electron chi connectivity index (χ4n) is 3.00. The van der Waals surface area contributed by atoms with Crippen molar-refractivity contribution < 1.29 is 9.84 Å². The van der Waals surface area contributed by atoms with Crippen LogP contribution in [0.2, 0.25) is 0 Å². The third-order valence-corrected chi connectivity index (χ3v) is 4.35. The summed E-state index contributed by atoms with van der Waals surface area (Å²) in [6.07, 6.45) is 0.408. The average molecular weight is 402 g/mol. The van der Waals surface area contributed by atoms with Crippen molar-refractivity contribution in [2.45, 2.75) is 59.8 Å². The second-order valence-corrected chi connectivity index (χ2v) is 7.40. The number of benzene rings is 1. The van der Waals surface area contributed by atoms with Crippen molar-refractivity contribution in [1.29, 1.82) is 0 Å². The van der Waals surface area contributed by atoms with Crippen LogP contribution in [0.15, 0.2) is 35.3 Å². The van der Waals surface area contributed by atoms with Gasteiger partial charge in [0.05, 0.1) is 24.4 Å². The number of hydrogen-bond donors (Lipinski definition) is 3. The van der Waals surface area contributed by atoms with E-state index in [1.807, 2.05) is 56.6 Å². The molecule has 0 radical (unpaired) electrons. The van der Waals surface area contributed by atoms with Gasteiger partial charge in [-0.2, -0.15) is 5.10 Å². The lowest BCUT2D eigenvalue weighted by Crippen LogP contribution is -2.38. The summed E-state index contributed by atoms with van der Waals surface area (Å²) in [7, 11) is 0. The van der Waals surface area contributed by atoms with Crippen LogP contribution in [0.1, 0.15) is 50.2 Å². The summed E-state index contributed by atoms with van der Waals surface area (Å²) in [6, 6.07) is 9.61. The first-order valence-corrected chi connectivity index (χ1v) is 10.4. The van der Waals surface area contributed by atoms with Gasteiger partial charge < -0.3 is 20.5 Å². The molecule has 1 aromatic carbocycles. The number of nitrogens with zero attached hydrogens (tertiary/aromatic N) is 3. The maximum absolute atomic E-state index is 10.4. The molecule has 0 saturated carbocycles. The first-order chi connectivity index (χ1) is 13.9. The monoisotopic (exact) mass is 401 g/mol. The van der Waals surface area contributed by atoms with E-state index >= 15 is 0 Å².